The molecule has 1 aliphatic heterocycles. The van der Waals surface area contributed by atoms with E-state index in [2.05, 4.69) is 26.1 Å². The second-order valence-corrected chi connectivity index (χ2v) is 8.23. The van der Waals surface area contributed by atoms with Crippen LogP contribution in [0.15, 0.2) is 17.5 Å². The average Bonchev–Trinajstić information content (AvgIpc) is 3.08. The molecule has 5 heteroatoms. The molecule has 2 heterocycles. The fraction of sp³-hybridized carbons (Fsp3) is 0.684. The Hall–Kier alpha value is -1.36. The topological polar surface area (TPSA) is 49.4 Å². The molecule has 1 saturated heterocycles. The minimum absolute atomic E-state index is 0.0462. The summed E-state index contributed by atoms with van der Waals surface area (Å²) in [4.78, 5) is 27.4. The third-order valence-electron chi connectivity index (χ3n) is 4.69. The van der Waals surface area contributed by atoms with E-state index in [9.17, 15) is 9.59 Å². The van der Waals surface area contributed by atoms with Crippen LogP contribution in [0.25, 0.3) is 0 Å². The van der Waals surface area contributed by atoms with E-state index in [0.717, 1.165) is 36.5 Å². The summed E-state index contributed by atoms with van der Waals surface area (Å²) in [5.41, 5.74) is 0. The van der Waals surface area contributed by atoms with Gasteiger partial charge in [-0.2, -0.15) is 0 Å². The molecule has 24 heavy (non-hydrogen) atoms. The van der Waals surface area contributed by atoms with E-state index in [1.54, 1.807) is 0 Å². The summed E-state index contributed by atoms with van der Waals surface area (Å²) in [6.07, 6.45) is 4.94. The molecular weight excluding hydrogens is 320 g/mol. The first kappa shape index (κ1) is 19.0. The molecule has 1 N–H and O–H groups in total. The van der Waals surface area contributed by atoms with Crippen molar-refractivity contribution in [1.82, 2.24) is 10.2 Å². The van der Waals surface area contributed by atoms with Crippen molar-refractivity contribution in [3.8, 4) is 0 Å². The van der Waals surface area contributed by atoms with Gasteiger partial charge in [0.15, 0.2) is 0 Å². The van der Waals surface area contributed by atoms with Crippen LogP contribution in [0.3, 0.4) is 0 Å². The van der Waals surface area contributed by atoms with Gasteiger partial charge in [0, 0.05) is 25.0 Å². The molecule has 0 aliphatic carbocycles. The van der Waals surface area contributed by atoms with Gasteiger partial charge in [-0.3, -0.25) is 9.59 Å². The number of amides is 2. The van der Waals surface area contributed by atoms with Gasteiger partial charge in [-0.25, -0.2) is 0 Å². The van der Waals surface area contributed by atoms with Gasteiger partial charge in [0.05, 0.1) is 4.88 Å². The Balaban J connectivity index is 1.71. The van der Waals surface area contributed by atoms with Gasteiger partial charge in [-0.1, -0.05) is 32.8 Å². The molecule has 1 atom stereocenters. The zero-order valence-corrected chi connectivity index (χ0v) is 15.9. The van der Waals surface area contributed by atoms with Gasteiger partial charge in [-0.05, 0) is 43.6 Å². The minimum atomic E-state index is 0.0462. The maximum atomic E-state index is 12.4. The molecule has 0 saturated carbocycles. The van der Waals surface area contributed by atoms with E-state index in [-0.39, 0.29) is 23.8 Å². The predicted octanol–water partition coefficient (Wildman–Crippen LogP) is 3.93. The quantitative estimate of drug-likeness (QED) is 0.810. The lowest BCUT2D eigenvalue weighted by Gasteiger charge is -2.31. The van der Waals surface area contributed by atoms with E-state index in [1.165, 1.54) is 17.8 Å². The van der Waals surface area contributed by atoms with Crippen molar-refractivity contribution in [2.24, 2.45) is 11.8 Å². The predicted molar refractivity (Wildman–Crippen MR) is 99.2 cm³/mol. The molecule has 1 aliphatic rings. The van der Waals surface area contributed by atoms with Gasteiger partial charge in [0.2, 0.25) is 5.91 Å². The monoisotopic (exact) mass is 350 g/mol. The molecule has 134 valence electrons. The lowest BCUT2D eigenvalue weighted by atomic mass is 9.95. The lowest BCUT2D eigenvalue weighted by Crippen LogP contribution is -2.44. The Kier molecular flexibility index (Phi) is 7.28. The number of carbonyl (C=O) groups is 2. The summed E-state index contributed by atoms with van der Waals surface area (Å²) < 4.78 is 0. The van der Waals surface area contributed by atoms with Crippen molar-refractivity contribution in [1.29, 1.82) is 0 Å². The van der Waals surface area contributed by atoms with Crippen LogP contribution in [-0.4, -0.2) is 35.8 Å². The third-order valence-corrected chi connectivity index (χ3v) is 5.55. The van der Waals surface area contributed by atoms with Crippen LogP contribution in [0.4, 0.5) is 0 Å². The van der Waals surface area contributed by atoms with E-state index in [4.69, 9.17) is 0 Å². The highest BCUT2D eigenvalue weighted by Crippen LogP contribution is 2.21. The molecule has 2 amide bonds. The van der Waals surface area contributed by atoms with E-state index < -0.39 is 0 Å². The first-order valence-corrected chi connectivity index (χ1v) is 9.98. The van der Waals surface area contributed by atoms with Crippen molar-refractivity contribution in [3.63, 3.8) is 0 Å². The van der Waals surface area contributed by atoms with Crippen LogP contribution in [0, 0.1) is 11.8 Å². The molecule has 0 bridgehead atoms. The van der Waals surface area contributed by atoms with Crippen molar-refractivity contribution in [2.75, 3.05) is 13.1 Å². The summed E-state index contributed by atoms with van der Waals surface area (Å²) >= 11 is 1.48. The Morgan fingerprint density at radius 3 is 2.54 bits per heavy atom. The van der Waals surface area contributed by atoms with Crippen LogP contribution in [0.1, 0.15) is 62.5 Å². The number of likely N-dealkylation sites (tertiary alicyclic amines) is 1. The molecular formula is C19H30N2O2S. The maximum absolute atomic E-state index is 12.4. The molecule has 2 rings (SSSR count). The SMILES string of the molecule is CC(C)CCCC(C)NC(=O)C1CCN(C(=O)c2cccs2)CC1. The summed E-state index contributed by atoms with van der Waals surface area (Å²) in [6.45, 7) is 7.91. The smallest absolute Gasteiger partial charge is 0.263 e. The van der Waals surface area contributed by atoms with Crippen molar-refractivity contribution in [3.05, 3.63) is 22.4 Å². The van der Waals surface area contributed by atoms with Crippen LogP contribution in [-0.2, 0) is 4.79 Å². The normalized spacial score (nSPS) is 17.1. The van der Waals surface area contributed by atoms with Crippen molar-refractivity contribution in [2.45, 2.75) is 58.9 Å². The molecule has 0 radical (unpaired) electrons. The van der Waals surface area contributed by atoms with Crippen LogP contribution < -0.4 is 5.32 Å². The highest BCUT2D eigenvalue weighted by Gasteiger charge is 2.28. The van der Waals surface area contributed by atoms with Crippen molar-refractivity contribution < 1.29 is 9.59 Å². The van der Waals surface area contributed by atoms with E-state index in [0.29, 0.717) is 13.1 Å². The molecule has 1 fully saturated rings. The molecule has 0 aromatic carbocycles. The molecule has 4 nitrogen and oxygen atoms in total. The maximum Gasteiger partial charge on any atom is 0.263 e. The number of nitrogens with zero attached hydrogens (tertiary/aromatic N) is 1. The fourth-order valence-electron chi connectivity index (χ4n) is 3.17. The summed E-state index contributed by atoms with van der Waals surface area (Å²) in [6, 6.07) is 4.01. The zero-order chi connectivity index (χ0) is 17.5. The Bertz CT molecular complexity index is 519. The largest absolute Gasteiger partial charge is 0.353 e. The second-order valence-electron chi connectivity index (χ2n) is 7.28. The third kappa shape index (κ3) is 5.62. The van der Waals surface area contributed by atoms with E-state index in [1.807, 2.05) is 22.4 Å². The van der Waals surface area contributed by atoms with Gasteiger partial charge in [0.1, 0.15) is 0 Å². The standard InChI is InChI=1S/C19H30N2O2S/c1-14(2)6-4-7-15(3)20-18(22)16-9-11-21(12-10-16)19(23)17-8-5-13-24-17/h5,8,13-16H,4,6-7,9-12H2,1-3H3,(H,20,22). The molecule has 1 aromatic heterocycles. The number of hydrogen-bond donors (Lipinski definition) is 1. The first-order valence-electron chi connectivity index (χ1n) is 9.10. The average molecular weight is 351 g/mol. The van der Waals surface area contributed by atoms with Crippen LogP contribution in [0.5, 0.6) is 0 Å². The van der Waals surface area contributed by atoms with E-state index >= 15 is 0 Å². The highest BCUT2D eigenvalue weighted by atomic mass is 32.1. The summed E-state index contributed by atoms with van der Waals surface area (Å²) in [7, 11) is 0. The summed E-state index contributed by atoms with van der Waals surface area (Å²) in [5, 5.41) is 5.08. The van der Waals surface area contributed by atoms with Gasteiger partial charge in [0.25, 0.3) is 5.91 Å². The number of nitrogens with one attached hydrogen (secondary N) is 1. The number of piperidine rings is 1. The lowest BCUT2D eigenvalue weighted by molar-refractivity contribution is -0.126. The van der Waals surface area contributed by atoms with Gasteiger partial charge < -0.3 is 10.2 Å². The Morgan fingerprint density at radius 1 is 1.25 bits per heavy atom. The number of carbonyl (C=O) groups excluding carboxylic acids is 2. The molecule has 0 spiro atoms. The van der Waals surface area contributed by atoms with Crippen LogP contribution in [0.2, 0.25) is 0 Å². The van der Waals surface area contributed by atoms with Crippen LogP contribution >= 0.6 is 11.3 Å². The summed E-state index contributed by atoms with van der Waals surface area (Å²) in [5.74, 6) is 1.03. The van der Waals surface area contributed by atoms with Gasteiger partial charge >= 0.3 is 0 Å². The molecule has 1 aromatic rings. The zero-order valence-electron chi connectivity index (χ0n) is 15.1. The fourth-order valence-corrected chi connectivity index (χ4v) is 3.86. The molecule has 1 unspecified atom stereocenters. The highest BCUT2D eigenvalue weighted by molar-refractivity contribution is 7.12. The Labute approximate surface area is 149 Å². The van der Waals surface area contributed by atoms with Crippen molar-refractivity contribution >= 4 is 23.2 Å². The number of thiophene rings is 1. The minimum Gasteiger partial charge on any atom is -0.353 e. The number of rotatable bonds is 7. The Morgan fingerprint density at radius 2 is 1.96 bits per heavy atom. The van der Waals surface area contributed by atoms with Gasteiger partial charge in [-0.15, -0.1) is 11.3 Å². The second kappa shape index (κ2) is 9.21. The first-order chi connectivity index (χ1) is 11.5. The number of hydrogen-bond acceptors (Lipinski definition) is 3.